The molecule has 0 bridgehead atoms. The van der Waals surface area contributed by atoms with E-state index in [1.165, 1.54) is 11.8 Å². The second kappa shape index (κ2) is 39.8. The molecular weight excluding hydrogens is 1110 g/mol. The molecule has 0 saturated heterocycles. The number of carboxylic acids is 1. The fraction of sp³-hybridized carbons (Fsp3) is 0.562. The summed E-state index contributed by atoms with van der Waals surface area (Å²) in [5.74, 6) is -2.19. The average Bonchev–Trinajstić information content (AvgIpc) is 2.08. The molecule has 6 rings (SSSR count). The summed E-state index contributed by atoms with van der Waals surface area (Å²) in [6.45, 7) is 5.46. The summed E-state index contributed by atoms with van der Waals surface area (Å²) in [5.41, 5.74) is 3.04. The number of rotatable bonds is 43. The van der Waals surface area contributed by atoms with Gasteiger partial charge < -0.3 is 77.9 Å². The van der Waals surface area contributed by atoms with E-state index in [4.69, 9.17) is 56.8 Å². The number of carbonyl (C=O) groups is 4. The van der Waals surface area contributed by atoms with Crippen LogP contribution in [-0.2, 0) is 61.8 Å². The van der Waals surface area contributed by atoms with Crippen LogP contribution in [0.25, 0.3) is 0 Å². The third-order valence-electron chi connectivity index (χ3n) is 14.5. The number of thioether (sulfide) groups is 1. The van der Waals surface area contributed by atoms with E-state index >= 15 is 9.59 Å². The van der Waals surface area contributed by atoms with Crippen LogP contribution >= 0.6 is 11.8 Å². The van der Waals surface area contributed by atoms with E-state index in [1.54, 1.807) is 33.5 Å². The highest BCUT2D eigenvalue weighted by molar-refractivity contribution is 8.00. The van der Waals surface area contributed by atoms with Crippen molar-refractivity contribution in [1.82, 2.24) is 16.0 Å². The summed E-state index contributed by atoms with van der Waals surface area (Å²) < 4.78 is 67.6. The predicted octanol–water partition coefficient (Wildman–Crippen LogP) is 7.12. The molecule has 0 spiro atoms. The number of aliphatic carboxylic acids is 1. The van der Waals surface area contributed by atoms with Crippen molar-refractivity contribution in [2.24, 2.45) is 11.8 Å². The molecular formula is C64H89N3O17S. The largest absolute Gasteiger partial charge is 0.487 e. The topological polar surface area (TPSA) is 235 Å². The zero-order valence-corrected chi connectivity index (χ0v) is 50.5. The van der Waals surface area contributed by atoms with Crippen molar-refractivity contribution in [3.05, 3.63) is 125 Å². The third kappa shape index (κ3) is 23.4. The summed E-state index contributed by atoms with van der Waals surface area (Å²) in [6, 6.07) is 31.7. The van der Waals surface area contributed by atoms with E-state index in [2.05, 4.69) is 52.3 Å². The van der Waals surface area contributed by atoms with Crippen LogP contribution in [0.2, 0.25) is 0 Å². The molecule has 5 atom stereocenters. The fourth-order valence-electron chi connectivity index (χ4n) is 10.2. The lowest BCUT2D eigenvalue weighted by atomic mass is 9.83. The SMILES string of the molecule is COCCOCCOCCOc1cc(C(=O)N[C@@H](CSC(c2ccccc2)(c2ccccc2)c2ccccc2)C(=O)N[C@H]2CCC[C@@H](C(=O)N[C@H]3CCC[C@@H](C(=O)O)C3)C2)cc(OCCOCCOCCOC)c1OCCOCCOCCOC. The summed E-state index contributed by atoms with van der Waals surface area (Å²) in [7, 11) is 4.82. The molecule has 85 heavy (non-hydrogen) atoms. The van der Waals surface area contributed by atoms with Gasteiger partial charge in [0.05, 0.1) is 110 Å². The van der Waals surface area contributed by atoms with Crippen LogP contribution in [0.4, 0.5) is 0 Å². The Hall–Kier alpha value is -5.85. The van der Waals surface area contributed by atoms with Crippen molar-refractivity contribution in [2.45, 2.75) is 74.2 Å². The summed E-state index contributed by atoms with van der Waals surface area (Å²) in [6.07, 6.45) is 4.76. The summed E-state index contributed by atoms with van der Waals surface area (Å²) >= 11 is 1.53. The Morgan fingerprint density at radius 2 is 0.894 bits per heavy atom. The minimum absolute atomic E-state index is 0.0621. The number of nitrogens with one attached hydrogen (secondary N) is 3. The summed E-state index contributed by atoms with van der Waals surface area (Å²) in [5, 5.41) is 19.3. The van der Waals surface area contributed by atoms with Crippen molar-refractivity contribution < 1.29 is 81.1 Å². The lowest BCUT2D eigenvalue weighted by Gasteiger charge is -2.37. The van der Waals surface area contributed by atoms with Gasteiger partial charge in [-0.1, -0.05) is 104 Å². The molecule has 3 amide bonds. The number of hydrogen-bond acceptors (Lipinski definition) is 17. The standard InChI is InChI=1S/C64H89N3O17S/c1-73-25-28-76-31-34-79-37-40-82-57-45-50(46-58(83-41-38-80-35-32-77-29-26-74-2)59(57)84-42-39-81-36-33-78-30-27-75-3)61(69)67-56(62(70)66-54-23-13-15-48(43-54)60(68)65-55-24-14-16-49(44-55)63(71)72)47-85-64(51-17-7-4-8-18-51,52-19-9-5-10-20-52)53-21-11-6-12-22-53/h4-12,17-22,45-46,48-49,54-56H,13-16,23-44,47H2,1-3H3,(H,65,68)(H,66,70)(H,67,69)(H,71,72)/t48-,49-,54+,55+,56+/m1/s1. The molecule has 2 saturated carbocycles. The van der Waals surface area contributed by atoms with Crippen LogP contribution in [-0.4, -0.2) is 193 Å². The Balaban J connectivity index is 1.31. The quantitative estimate of drug-likeness (QED) is 0.0255. The molecule has 0 heterocycles. The molecule has 2 fully saturated rings. The molecule has 468 valence electrons. The van der Waals surface area contributed by atoms with Crippen molar-refractivity contribution in [2.75, 3.05) is 146 Å². The minimum Gasteiger partial charge on any atom is -0.487 e. The van der Waals surface area contributed by atoms with Crippen molar-refractivity contribution >= 4 is 35.5 Å². The first-order chi connectivity index (χ1) is 41.7. The van der Waals surface area contributed by atoms with Crippen LogP contribution in [0.5, 0.6) is 17.2 Å². The highest BCUT2D eigenvalue weighted by Crippen LogP contribution is 2.49. The molecule has 2 aliphatic rings. The van der Waals surface area contributed by atoms with Gasteiger partial charge in [0.2, 0.25) is 17.6 Å². The van der Waals surface area contributed by atoms with E-state index in [0.29, 0.717) is 118 Å². The average molecular weight is 1200 g/mol. The van der Waals surface area contributed by atoms with Gasteiger partial charge in [-0.25, -0.2) is 0 Å². The number of ether oxygens (including phenoxy) is 12. The van der Waals surface area contributed by atoms with Gasteiger partial charge in [-0.3, -0.25) is 19.2 Å². The van der Waals surface area contributed by atoms with Gasteiger partial charge in [0.25, 0.3) is 5.91 Å². The van der Waals surface area contributed by atoms with E-state index in [0.717, 1.165) is 29.5 Å². The number of methoxy groups -OCH3 is 3. The Morgan fingerprint density at radius 3 is 1.33 bits per heavy atom. The normalized spacial score (nSPS) is 17.4. The van der Waals surface area contributed by atoms with Gasteiger partial charge in [-0.2, -0.15) is 0 Å². The van der Waals surface area contributed by atoms with E-state index in [1.807, 2.05) is 54.6 Å². The Kier molecular flexibility index (Phi) is 31.9. The minimum atomic E-state index is -1.13. The maximum atomic E-state index is 15.2. The molecule has 0 unspecified atom stereocenters. The molecule has 2 aliphatic carbocycles. The second-order valence-corrected chi connectivity index (χ2v) is 21.8. The molecule has 0 radical (unpaired) electrons. The van der Waals surface area contributed by atoms with Crippen LogP contribution in [0.1, 0.15) is 78.4 Å². The van der Waals surface area contributed by atoms with E-state index in [-0.39, 0.29) is 86.2 Å². The van der Waals surface area contributed by atoms with Crippen LogP contribution < -0.4 is 30.2 Å². The first-order valence-electron chi connectivity index (χ1n) is 29.6. The lowest BCUT2D eigenvalue weighted by Crippen LogP contribution is -2.53. The van der Waals surface area contributed by atoms with Crippen molar-refractivity contribution in [3.63, 3.8) is 0 Å². The molecule has 0 aliphatic heterocycles. The van der Waals surface area contributed by atoms with Crippen LogP contribution in [0.15, 0.2) is 103 Å². The first-order valence-corrected chi connectivity index (χ1v) is 30.6. The maximum Gasteiger partial charge on any atom is 0.306 e. The van der Waals surface area contributed by atoms with Gasteiger partial charge in [0.15, 0.2) is 11.5 Å². The third-order valence-corrected chi connectivity index (χ3v) is 16.2. The first kappa shape index (κ1) is 68.3. The summed E-state index contributed by atoms with van der Waals surface area (Å²) in [4.78, 5) is 56.1. The Labute approximate surface area is 505 Å². The fourth-order valence-corrected chi connectivity index (χ4v) is 11.8. The van der Waals surface area contributed by atoms with Crippen LogP contribution in [0, 0.1) is 11.8 Å². The van der Waals surface area contributed by atoms with Gasteiger partial charge in [-0.05, 0) is 67.3 Å². The number of carbonyl (C=O) groups excluding carboxylic acids is 3. The molecule has 20 nitrogen and oxygen atoms in total. The van der Waals surface area contributed by atoms with Crippen molar-refractivity contribution in [3.8, 4) is 17.2 Å². The zero-order valence-electron chi connectivity index (χ0n) is 49.7. The van der Waals surface area contributed by atoms with Crippen molar-refractivity contribution in [1.29, 1.82) is 0 Å². The second-order valence-electron chi connectivity index (χ2n) is 20.6. The number of benzene rings is 4. The number of carboxylic acid groups (broad SMARTS) is 1. The molecule has 4 N–H and O–H groups in total. The Bertz CT molecular complexity index is 2380. The van der Waals surface area contributed by atoms with E-state index < -0.39 is 40.4 Å². The van der Waals surface area contributed by atoms with Crippen LogP contribution in [0.3, 0.4) is 0 Å². The number of amides is 3. The molecule has 4 aromatic rings. The highest BCUT2D eigenvalue weighted by atomic mass is 32.2. The predicted molar refractivity (Wildman–Crippen MR) is 322 cm³/mol. The monoisotopic (exact) mass is 1200 g/mol. The highest BCUT2D eigenvalue weighted by Gasteiger charge is 2.40. The molecule has 21 heteroatoms. The number of hydrogen-bond donors (Lipinski definition) is 4. The van der Waals surface area contributed by atoms with E-state index in [9.17, 15) is 14.7 Å². The smallest absolute Gasteiger partial charge is 0.306 e. The lowest BCUT2D eigenvalue weighted by molar-refractivity contribution is -0.143. The Morgan fingerprint density at radius 1 is 0.506 bits per heavy atom. The van der Waals surface area contributed by atoms with Gasteiger partial charge >= 0.3 is 5.97 Å². The molecule has 4 aromatic carbocycles. The molecule has 0 aromatic heterocycles. The van der Waals surface area contributed by atoms with Gasteiger partial charge in [0.1, 0.15) is 25.9 Å². The van der Waals surface area contributed by atoms with Gasteiger partial charge in [0, 0.05) is 50.6 Å². The zero-order chi connectivity index (χ0) is 60.2. The maximum absolute atomic E-state index is 15.2. The van der Waals surface area contributed by atoms with Gasteiger partial charge in [-0.15, -0.1) is 11.8 Å².